The Bertz CT molecular complexity index is 813. The average Bonchev–Trinajstić information content (AvgIpc) is 2.94. The highest BCUT2D eigenvalue weighted by molar-refractivity contribution is 6.04. The molecule has 3 aromatic rings. The van der Waals surface area contributed by atoms with Gasteiger partial charge in [-0.05, 0) is 30.3 Å². The van der Waals surface area contributed by atoms with Crippen molar-refractivity contribution in [2.45, 2.75) is 26.2 Å². The number of rotatable bonds is 2. The number of pyridine rings is 1. The normalized spacial score (nSPS) is 11.6. The summed E-state index contributed by atoms with van der Waals surface area (Å²) in [5.41, 5.74) is 3.15. The summed E-state index contributed by atoms with van der Waals surface area (Å²) in [4.78, 5) is 16.7. The number of anilines is 1. The first-order chi connectivity index (χ1) is 10.4. The number of aromatic amines is 1. The van der Waals surface area contributed by atoms with Gasteiger partial charge in [-0.2, -0.15) is 5.10 Å². The van der Waals surface area contributed by atoms with Crippen LogP contribution in [0.2, 0.25) is 0 Å². The number of amides is 1. The van der Waals surface area contributed by atoms with E-state index in [0.29, 0.717) is 5.56 Å². The lowest BCUT2D eigenvalue weighted by Gasteiger charge is -2.17. The molecule has 0 aliphatic rings. The summed E-state index contributed by atoms with van der Waals surface area (Å²) in [7, 11) is 0. The molecule has 0 bridgehead atoms. The van der Waals surface area contributed by atoms with Crippen LogP contribution < -0.4 is 5.32 Å². The summed E-state index contributed by atoms with van der Waals surface area (Å²) in [6.07, 6.45) is 3.34. The van der Waals surface area contributed by atoms with E-state index in [4.69, 9.17) is 0 Å². The maximum Gasteiger partial charge on any atom is 0.257 e. The number of hydrogen-bond acceptors (Lipinski definition) is 3. The van der Waals surface area contributed by atoms with E-state index in [0.717, 1.165) is 22.3 Å². The van der Waals surface area contributed by atoms with Crippen LogP contribution in [0.1, 0.15) is 36.8 Å². The molecule has 0 spiro atoms. The summed E-state index contributed by atoms with van der Waals surface area (Å²) in [5, 5.41) is 10.7. The SMILES string of the molecule is CC(C)(C)c1ccc(C(=O)Nc2ccc3[nH]ncc3c2)cn1. The Hall–Kier alpha value is -2.69. The van der Waals surface area contributed by atoms with E-state index >= 15 is 0 Å². The van der Waals surface area contributed by atoms with Gasteiger partial charge in [-0.15, -0.1) is 0 Å². The Labute approximate surface area is 128 Å². The molecule has 0 fully saturated rings. The van der Waals surface area contributed by atoms with E-state index in [1.165, 1.54) is 0 Å². The molecule has 2 aromatic heterocycles. The molecule has 0 saturated heterocycles. The number of carbonyl (C=O) groups excluding carboxylic acids is 1. The Morgan fingerprint density at radius 2 is 1.95 bits per heavy atom. The van der Waals surface area contributed by atoms with Crippen molar-refractivity contribution >= 4 is 22.5 Å². The van der Waals surface area contributed by atoms with E-state index < -0.39 is 0 Å². The highest BCUT2D eigenvalue weighted by Crippen LogP contribution is 2.20. The van der Waals surface area contributed by atoms with Gasteiger partial charge < -0.3 is 5.32 Å². The lowest BCUT2D eigenvalue weighted by atomic mass is 9.91. The maximum atomic E-state index is 12.3. The molecule has 5 heteroatoms. The predicted molar refractivity (Wildman–Crippen MR) is 87.0 cm³/mol. The molecule has 0 radical (unpaired) electrons. The van der Waals surface area contributed by atoms with Gasteiger partial charge in [-0.25, -0.2) is 0 Å². The molecule has 1 amide bonds. The smallest absolute Gasteiger partial charge is 0.257 e. The van der Waals surface area contributed by atoms with Gasteiger partial charge in [-0.1, -0.05) is 20.8 Å². The van der Waals surface area contributed by atoms with Gasteiger partial charge in [0.15, 0.2) is 0 Å². The minimum Gasteiger partial charge on any atom is -0.322 e. The fraction of sp³-hybridized carbons (Fsp3) is 0.235. The molecule has 0 saturated carbocycles. The van der Waals surface area contributed by atoms with Crippen LogP contribution in [0.5, 0.6) is 0 Å². The Morgan fingerprint density at radius 1 is 1.14 bits per heavy atom. The number of benzene rings is 1. The van der Waals surface area contributed by atoms with E-state index in [9.17, 15) is 4.79 Å². The van der Waals surface area contributed by atoms with Crippen molar-refractivity contribution in [3.05, 3.63) is 54.0 Å². The number of carbonyl (C=O) groups is 1. The van der Waals surface area contributed by atoms with Crippen molar-refractivity contribution in [3.63, 3.8) is 0 Å². The second-order valence-corrected chi connectivity index (χ2v) is 6.31. The van der Waals surface area contributed by atoms with Gasteiger partial charge in [0.2, 0.25) is 0 Å². The topological polar surface area (TPSA) is 70.7 Å². The van der Waals surface area contributed by atoms with Crippen LogP contribution in [-0.2, 0) is 5.41 Å². The molecule has 112 valence electrons. The second kappa shape index (κ2) is 5.26. The van der Waals surface area contributed by atoms with E-state index in [-0.39, 0.29) is 11.3 Å². The third-order valence-electron chi connectivity index (χ3n) is 3.49. The van der Waals surface area contributed by atoms with Crippen molar-refractivity contribution in [2.75, 3.05) is 5.32 Å². The second-order valence-electron chi connectivity index (χ2n) is 6.31. The molecule has 2 N–H and O–H groups in total. The fourth-order valence-corrected chi connectivity index (χ4v) is 2.20. The molecule has 5 nitrogen and oxygen atoms in total. The third kappa shape index (κ3) is 2.83. The highest BCUT2D eigenvalue weighted by atomic mass is 16.1. The van der Waals surface area contributed by atoms with Gasteiger partial charge in [0.1, 0.15) is 0 Å². The van der Waals surface area contributed by atoms with Gasteiger partial charge in [0.25, 0.3) is 5.91 Å². The van der Waals surface area contributed by atoms with Crippen LogP contribution in [0.25, 0.3) is 10.9 Å². The standard InChI is InChI=1S/C17H18N4O/c1-17(2,3)15-7-4-11(9-18-15)16(22)20-13-5-6-14-12(8-13)10-19-21-14/h4-10H,1-3H3,(H,19,21)(H,20,22). The van der Waals surface area contributed by atoms with E-state index in [2.05, 4.69) is 41.3 Å². The quantitative estimate of drug-likeness (QED) is 0.760. The molecular weight excluding hydrogens is 276 g/mol. The zero-order chi connectivity index (χ0) is 15.7. The summed E-state index contributed by atoms with van der Waals surface area (Å²) in [5.74, 6) is -0.171. The first-order valence-corrected chi connectivity index (χ1v) is 7.14. The van der Waals surface area contributed by atoms with E-state index in [1.54, 1.807) is 18.5 Å². The minimum absolute atomic E-state index is 0.0265. The molecule has 1 aromatic carbocycles. The maximum absolute atomic E-state index is 12.3. The zero-order valence-corrected chi connectivity index (χ0v) is 12.8. The van der Waals surface area contributed by atoms with Crippen LogP contribution in [0.3, 0.4) is 0 Å². The van der Waals surface area contributed by atoms with Crippen LogP contribution in [0.4, 0.5) is 5.69 Å². The van der Waals surface area contributed by atoms with Gasteiger partial charge in [0.05, 0.1) is 17.3 Å². The summed E-state index contributed by atoms with van der Waals surface area (Å²) in [6, 6.07) is 9.31. The van der Waals surface area contributed by atoms with Crippen molar-refractivity contribution in [2.24, 2.45) is 0 Å². The molecule has 0 aliphatic carbocycles. The fourth-order valence-electron chi connectivity index (χ4n) is 2.20. The zero-order valence-electron chi connectivity index (χ0n) is 12.8. The molecule has 0 atom stereocenters. The summed E-state index contributed by atoms with van der Waals surface area (Å²) in [6.45, 7) is 6.28. The van der Waals surface area contributed by atoms with Crippen molar-refractivity contribution < 1.29 is 4.79 Å². The first-order valence-electron chi connectivity index (χ1n) is 7.14. The molecule has 3 rings (SSSR count). The van der Waals surface area contributed by atoms with Crippen molar-refractivity contribution in [1.82, 2.24) is 15.2 Å². The number of nitrogens with one attached hydrogen (secondary N) is 2. The van der Waals surface area contributed by atoms with E-state index in [1.807, 2.05) is 24.3 Å². The molecule has 0 unspecified atom stereocenters. The van der Waals surface area contributed by atoms with Crippen LogP contribution in [0, 0.1) is 0 Å². The van der Waals surface area contributed by atoms with Crippen molar-refractivity contribution in [1.29, 1.82) is 0 Å². The number of H-pyrrole nitrogens is 1. The first kappa shape index (κ1) is 14.3. The highest BCUT2D eigenvalue weighted by Gasteiger charge is 2.16. The monoisotopic (exact) mass is 294 g/mol. The third-order valence-corrected chi connectivity index (χ3v) is 3.49. The van der Waals surface area contributed by atoms with Crippen LogP contribution in [0.15, 0.2) is 42.7 Å². The Morgan fingerprint density at radius 3 is 2.64 bits per heavy atom. The minimum atomic E-state index is -0.171. The average molecular weight is 294 g/mol. The lowest BCUT2D eigenvalue weighted by Crippen LogP contribution is -2.16. The summed E-state index contributed by atoms with van der Waals surface area (Å²) < 4.78 is 0. The molecule has 0 aliphatic heterocycles. The molecule has 2 heterocycles. The Balaban J connectivity index is 1.78. The predicted octanol–water partition coefficient (Wildman–Crippen LogP) is 3.51. The number of aromatic nitrogens is 3. The Kier molecular flexibility index (Phi) is 3.41. The van der Waals surface area contributed by atoms with Crippen LogP contribution in [-0.4, -0.2) is 21.1 Å². The number of nitrogens with zero attached hydrogens (tertiary/aromatic N) is 2. The summed E-state index contributed by atoms with van der Waals surface area (Å²) >= 11 is 0. The van der Waals surface area contributed by atoms with Gasteiger partial charge in [-0.3, -0.25) is 14.9 Å². The number of hydrogen-bond donors (Lipinski definition) is 2. The van der Waals surface area contributed by atoms with Crippen molar-refractivity contribution in [3.8, 4) is 0 Å². The lowest BCUT2D eigenvalue weighted by molar-refractivity contribution is 0.102. The van der Waals surface area contributed by atoms with Gasteiger partial charge >= 0.3 is 0 Å². The molecular formula is C17H18N4O. The molecule has 22 heavy (non-hydrogen) atoms. The van der Waals surface area contributed by atoms with Gasteiger partial charge in [0, 0.05) is 28.4 Å². The van der Waals surface area contributed by atoms with Crippen LogP contribution >= 0.6 is 0 Å². The number of fused-ring (bicyclic) bond motifs is 1. The largest absolute Gasteiger partial charge is 0.322 e.